The fraction of sp³-hybridized carbons (Fsp3) is 0.238. The Kier molecular flexibility index (Phi) is 5.25. The van der Waals surface area contributed by atoms with Gasteiger partial charge in [0.15, 0.2) is 10.8 Å². The first-order chi connectivity index (χ1) is 13.6. The van der Waals surface area contributed by atoms with E-state index in [-0.39, 0.29) is 17.6 Å². The average molecular weight is 392 g/mol. The highest BCUT2D eigenvalue weighted by Gasteiger charge is 2.18. The van der Waals surface area contributed by atoms with Gasteiger partial charge in [0.2, 0.25) is 5.91 Å². The van der Waals surface area contributed by atoms with Gasteiger partial charge in [0.05, 0.1) is 11.3 Å². The molecule has 4 rings (SSSR count). The van der Waals surface area contributed by atoms with Gasteiger partial charge in [-0.3, -0.25) is 9.20 Å². The van der Waals surface area contributed by atoms with Gasteiger partial charge in [-0.25, -0.2) is 4.98 Å². The minimum atomic E-state index is -0.0366. The number of thioether (sulfide) groups is 1. The van der Waals surface area contributed by atoms with Crippen LogP contribution in [0.4, 0.5) is 0 Å². The van der Waals surface area contributed by atoms with Crippen LogP contribution in [0.5, 0.6) is 0 Å². The molecule has 0 aliphatic carbocycles. The van der Waals surface area contributed by atoms with Gasteiger partial charge in [0.25, 0.3) is 0 Å². The van der Waals surface area contributed by atoms with Crippen molar-refractivity contribution >= 4 is 34.2 Å². The highest BCUT2D eigenvalue weighted by molar-refractivity contribution is 7.99. The summed E-state index contributed by atoms with van der Waals surface area (Å²) in [5.41, 5.74) is 2.76. The Morgan fingerprint density at radius 3 is 2.61 bits per heavy atom. The summed E-state index contributed by atoms with van der Waals surface area (Å²) in [5, 5.41) is 13.3. The number of nitrogens with one attached hydrogen (secondary N) is 1. The lowest BCUT2D eigenvalue weighted by molar-refractivity contribution is -0.118. The predicted molar refractivity (Wildman–Crippen MR) is 111 cm³/mol. The van der Waals surface area contributed by atoms with Crippen molar-refractivity contribution < 1.29 is 4.79 Å². The van der Waals surface area contributed by atoms with Crippen molar-refractivity contribution in [1.29, 1.82) is 0 Å². The average Bonchev–Trinajstić information content (AvgIpc) is 3.15. The number of nitrogens with zero attached hydrogens (tertiary/aromatic N) is 4. The van der Waals surface area contributed by atoms with Crippen molar-refractivity contribution in [2.24, 2.45) is 0 Å². The van der Waals surface area contributed by atoms with Crippen molar-refractivity contribution in [1.82, 2.24) is 24.9 Å². The number of para-hydroxylation sites is 1. The minimum absolute atomic E-state index is 0.0366. The quantitative estimate of drug-likeness (QED) is 0.506. The molecule has 0 fully saturated rings. The fourth-order valence-corrected chi connectivity index (χ4v) is 3.81. The summed E-state index contributed by atoms with van der Waals surface area (Å²) in [4.78, 5) is 17.1. The lowest BCUT2D eigenvalue weighted by Crippen LogP contribution is -2.24. The Morgan fingerprint density at radius 2 is 1.82 bits per heavy atom. The summed E-state index contributed by atoms with van der Waals surface area (Å²) >= 11 is 1.38. The number of hydrogen-bond acceptors (Lipinski definition) is 5. The standard InChI is InChI=1S/C21H21N5OS/c1-14(2)19-23-17-11-7-6-10-16(17)20-24-25-21(26(19)20)28-13-18(27)22-12-15-8-4-3-5-9-15/h3-11,14H,12-13H2,1-2H3,(H,22,27). The zero-order chi connectivity index (χ0) is 19.5. The largest absolute Gasteiger partial charge is 0.351 e. The minimum Gasteiger partial charge on any atom is -0.351 e. The Hall–Kier alpha value is -2.93. The van der Waals surface area contributed by atoms with Crippen LogP contribution in [-0.4, -0.2) is 31.2 Å². The van der Waals surface area contributed by atoms with E-state index in [1.54, 1.807) is 0 Å². The third-order valence-corrected chi connectivity index (χ3v) is 5.35. The Bertz CT molecular complexity index is 1120. The topological polar surface area (TPSA) is 72.2 Å². The fourth-order valence-electron chi connectivity index (χ4n) is 3.04. The number of carbonyl (C=O) groups excluding carboxylic acids is 1. The van der Waals surface area contributed by atoms with Gasteiger partial charge in [-0.2, -0.15) is 0 Å². The van der Waals surface area contributed by atoms with Gasteiger partial charge in [-0.05, 0) is 17.7 Å². The van der Waals surface area contributed by atoms with Gasteiger partial charge in [0.1, 0.15) is 5.82 Å². The van der Waals surface area contributed by atoms with Crippen LogP contribution in [0.25, 0.3) is 16.6 Å². The van der Waals surface area contributed by atoms with Crippen LogP contribution in [0.3, 0.4) is 0 Å². The molecular weight excluding hydrogens is 370 g/mol. The summed E-state index contributed by atoms with van der Waals surface area (Å²) in [7, 11) is 0. The summed E-state index contributed by atoms with van der Waals surface area (Å²) in [6.07, 6.45) is 0. The van der Waals surface area contributed by atoms with Gasteiger partial charge in [0, 0.05) is 17.8 Å². The van der Waals surface area contributed by atoms with Crippen molar-refractivity contribution in [2.75, 3.05) is 5.75 Å². The SMILES string of the molecule is CC(C)c1nc2ccccc2c2nnc(SCC(=O)NCc3ccccc3)n12. The zero-order valence-electron chi connectivity index (χ0n) is 15.8. The van der Waals surface area contributed by atoms with Crippen molar-refractivity contribution in [2.45, 2.75) is 31.5 Å². The number of carbonyl (C=O) groups is 1. The molecule has 1 N–H and O–H groups in total. The molecule has 4 aromatic rings. The summed E-state index contributed by atoms with van der Waals surface area (Å²) in [6, 6.07) is 17.8. The maximum Gasteiger partial charge on any atom is 0.230 e. The molecule has 28 heavy (non-hydrogen) atoms. The Balaban J connectivity index is 1.55. The van der Waals surface area contributed by atoms with Gasteiger partial charge >= 0.3 is 0 Å². The van der Waals surface area contributed by atoms with E-state index in [2.05, 4.69) is 29.4 Å². The molecule has 0 aliphatic heterocycles. The number of hydrogen-bond donors (Lipinski definition) is 1. The lowest BCUT2D eigenvalue weighted by atomic mass is 10.2. The maximum atomic E-state index is 12.3. The monoisotopic (exact) mass is 391 g/mol. The highest BCUT2D eigenvalue weighted by atomic mass is 32.2. The van der Waals surface area contributed by atoms with Crippen LogP contribution >= 0.6 is 11.8 Å². The molecule has 2 aromatic heterocycles. The number of aromatic nitrogens is 4. The van der Waals surface area contributed by atoms with Crippen LogP contribution in [-0.2, 0) is 11.3 Å². The second-order valence-electron chi connectivity index (χ2n) is 6.83. The first kappa shape index (κ1) is 18.4. The molecule has 0 radical (unpaired) electrons. The molecule has 0 saturated heterocycles. The van der Waals surface area contributed by atoms with Crippen LogP contribution < -0.4 is 5.32 Å². The number of rotatable bonds is 6. The molecule has 1 amide bonds. The van der Waals surface area contributed by atoms with E-state index in [1.807, 2.05) is 59.0 Å². The molecule has 7 heteroatoms. The normalized spacial score (nSPS) is 11.4. The Labute approximate surface area is 167 Å². The molecule has 2 aromatic carbocycles. The zero-order valence-corrected chi connectivity index (χ0v) is 16.6. The molecule has 6 nitrogen and oxygen atoms in total. The van der Waals surface area contributed by atoms with Gasteiger partial charge < -0.3 is 5.32 Å². The molecule has 0 bridgehead atoms. The van der Waals surface area contributed by atoms with Gasteiger partial charge in [-0.1, -0.05) is 68.1 Å². The van der Waals surface area contributed by atoms with E-state index < -0.39 is 0 Å². The van der Waals surface area contributed by atoms with E-state index in [9.17, 15) is 4.79 Å². The van der Waals surface area contributed by atoms with Crippen molar-refractivity contribution in [3.8, 4) is 0 Å². The van der Waals surface area contributed by atoms with E-state index in [1.165, 1.54) is 11.8 Å². The molecule has 142 valence electrons. The third-order valence-electron chi connectivity index (χ3n) is 4.42. The van der Waals surface area contributed by atoms with Crippen LogP contribution in [0.2, 0.25) is 0 Å². The van der Waals surface area contributed by atoms with Crippen LogP contribution in [0.15, 0.2) is 59.8 Å². The Morgan fingerprint density at radius 1 is 1.07 bits per heavy atom. The van der Waals surface area contributed by atoms with Crippen LogP contribution in [0.1, 0.15) is 31.2 Å². The van der Waals surface area contributed by atoms with Gasteiger partial charge in [-0.15, -0.1) is 10.2 Å². The number of fused-ring (bicyclic) bond motifs is 3. The van der Waals surface area contributed by atoms with E-state index >= 15 is 0 Å². The molecular formula is C21H21N5OS. The second kappa shape index (κ2) is 7.98. The van der Waals surface area contributed by atoms with E-state index in [0.717, 1.165) is 27.9 Å². The third kappa shape index (κ3) is 3.71. The molecule has 0 unspecified atom stereocenters. The van der Waals surface area contributed by atoms with Crippen molar-refractivity contribution in [3.05, 3.63) is 66.0 Å². The number of benzene rings is 2. The molecule has 0 spiro atoms. The maximum absolute atomic E-state index is 12.3. The van der Waals surface area contributed by atoms with E-state index in [0.29, 0.717) is 11.7 Å². The number of amides is 1. The summed E-state index contributed by atoms with van der Waals surface area (Å²) in [5.74, 6) is 1.34. The smallest absolute Gasteiger partial charge is 0.230 e. The van der Waals surface area contributed by atoms with Crippen molar-refractivity contribution in [3.63, 3.8) is 0 Å². The molecule has 0 atom stereocenters. The lowest BCUT2D eigenvalue weighted by Gasteiger charge is -2.11. The molecule has 0 saturated carbocycles. The summed E-state index contributed by atoms with van der Waals surface area (Å²) < 4.78 is 1.97. The summed E-state index contributed by atoms with van der Waals surface area (Å²) in [6.45, 7) is 4.71. The second-order valence-corrected chi connectivity index (χ2v) is 7.78. The van der Waals surface area contributed by atoms with E-state index in [4.69, 9.17) is 4.98 Å². The van der Waals surface area contributed by atoms with Crippen LogP contribution in [0, 0.1) is 0 Å². The first-order valence-electron chi connectivity index (χ1n) is 9.20. The first-order valence-corrected chi connectivity index (χ1v) is 10.2. The highest BCUT2D eigenvalue weighted by Crippen LogP contribution is 2.26. The molecule has 2 heterocycles. The molecule has 0 aliphatic rings. The predicted octanol–water partition coefficient (Wildman–Crippen LogP) is 3.81.